The SMILES string of the molecule is CC1CCC(CO)(CN(C)Cc2cccc(Br)c2)CC1. The maximum atomic E-state index is 9.85. The molecule has 0 saturated heterocycles. The van der Waals surface area contributed by atoms with E-state index in [0.717, 1.165) is 36.3 Å². The van der Waals surface area contributed by atoms with Gasteiger partial charge in [-0.05, 0) is 43.5 Å². The van der Waals surface area contributed by atoms with E-state index in [1.165, 1.54) is 18.4 Å². The minimum absolute atomic E-state index is 0.118. The quantitative estimate of drug-likeness (QED) is 0.873. The molecule has 0 atom stereocenters. The highest BCUT2D eigenvalue weighted by Crippen LogP contribution is 2.39. The van der Waals surface area contributed by atoms with Crippen molar-refractivity contribution in [3.05, 3.63) is 34.3 Å². The van der Waals surface area contributed by atoms with Crippen LogP contribution in [0.5, 0.6) is 0 Å². The lowest BCUT2D eigenvalue weighted by molar-refractivity contribution is 0.0346. The molecule has 1 aromatic rings. The molecule has 1 N–H and O–H groups in total. The first kappa shape index (κ1) is 16.0. The molecule has 0 amide bonds. The molecule has 0 unspecified atom stereocenters. The molecule has 0 bridgehead atoms. The average molecular weight is 340 g/mol. The first-order chi connectivity index (χ1) is 9.53. The number of aliphatic hydroxyl groups is 1. The summed E-state index contributed by atoms with van der Waals surface area (Å²) in [5, 5.41) is 9.85. The Bertz CT molecular complexity index is 427. The maximum absolute atomic E-state index is 9.85. The summed E-state index contributed by atoms with van der Waals surface area (Å²) < 4.78 is 1.13. The van der Waals surface area contributed by atoms with Gasteiger partial charge in [0.15, 0.2) is 0 Å². The predicted molar refractivity (Wildman–Crippen MR) is 87.6 cm³/mol. The molecule has 1 fully saturated rings. The van der Waals surface area contributed by atoms with Crippen LogP contribution in [0.15, 0.2) is 28.7 Å². The standard InChI is InChI=1S/C17H26BrNO/c1-14-6-8-17(13-20,9-7-14)12-19(2)11-15-4-3-5-16(18)10-15/h3-5,10,14,20H,6-9,11-13H2,1-2H3. The van der Waals surface area contributed by atoms with Crippen molar-refractivity contribution in [3.63, 3.8) is 0 Å². The highest BCUT2D eigenvalue weighted by molar-refractivity contribution is 9.10. The highest BCUT2D eigenvalue weighted by atomic mass is 79.9. The zero-order chi connectivity index (χ0) is 14.6. The third kappa shape index (κ3) is 4.31. The highest BCUT2D eigenvalue weighted by Gasteiger charge is 2.34. The topological polar surface area (TPSA) is 23.5 Å². The largest absolute Gasteiger partial charge is 0.396 e. The fourth-order valence-electron chi connectivity index (χ4n) is 3.32. The molecule has 20 heavy (non-hydrogen) atoms. The zero-order valence-corrected chi connectivity index (χ0v) is 14.2. The molecule has 0 aromatic heterocycles. The summed E-state index contributed by atoms with van der Waals surface area (Å²) in [7, 11) is 2.16. The molecular weight excluding hydrogens is 314 g/mol. The molecule has 112 valence electrons. The van der Waals surface area contributed by atoms with Crippen molar-refractivity contribution in [2.75, 3.05) is 20.2 Å². The van der Waals surface area contributed by atoms with Crippen molar-refractivity contribution in [2.45, 2.75) is 39.2 Å². The van der Waals surface area contributed by atoms with Gasteiger partial charge in [0.25, 0.3) is 0 Å². The summed E-state index contributed by atoms with van der Waals surface area (Å²) in [6, 6.07) is 8.47. The predicted octanol–water partition coefficient (Wildman–Crippen LogP) is 4.07. The lowest BCUT2D eigenvalue weighted by Crippen LogP contribution is -2.40. The number of benzene rings is 1. The van der Waals surface area contributed by atoms with Gasteiger partial charge in [-0.1, -0.05) is 47.8 Å². The molecular formula is C17H26BrNO. The summed E-state index contributed by atoms with van der Waals surface area (Å²) in [5.74, 6) is 0.824. The first-order valence-electron chi connectivity index (χ1n) is 7.57. The van der Waals surface area contributed by atoms with Gasteiger partial charge in [-0.3, -0.25) is 0 Å². The second-order valence-corrected chi connectivity index (χ2v) is 7.56. The van der Waals surface area contributed by atoms with E-state index in [2.05, 4.69) is 59.1 Å². The molecule has 2 rings (SSSR count). The molecule has 0 aliphatic heterocycles. The molecule has 1 aliphatic carbocycles. The van der Waals surface area contributed by atoms with Gasteiger partial charge >= 0.3 is 0 Å². The van der Waals surface area contributed by atoms with Crippen molar-refractivity contribution in [2.24, 2.45) is 11.3 Å². The minimum atomic E-state index is 0.118. The van der Waals surface area contributed by atoms with Gasteiger partial charge < -0.3 is 10.0 Å². The molecule has 0 heterocycles. The van der Waals surface area contributed by atoms with Crippen LogP contribution in [0.25, 0.3) is 0 Å². The Morgan fingerprint density at radius 1 is 1.35 bits per heavy atom. The lowest BCUT2D eigenvalue weighted by atomic mass is 9.71. The van der Waals surface area contributed by atoms with Crippen LogP contribution in [-0.2, 0) is 6.54 Å². The summed E-state index contributed by atoms with van der Waals surface area (Å²) in [6.07, 6.45) is 4.83. The molecule has 1 aliphatic rings. The van der Waals surface area contributed by atoms with Gasteiger partial charge in [-0.2, -0.15) is 0 Å². The Morgan fingerprint density at radius 2 is 2.05 bits per heavy atom. The van der Waals surface area contributed by atoms with Crippen LogP contribution in [0.2, 0.25) is 0 Å². The van der Waals surface area contributed by atoms with Crippen molar-refractivity contribution < 1.29 is 5.11 Å². The van der Waals surface area contributed by atoms with Crippen LogP contribution in [-0.4, -0.2) is 30.2 Å². The summed E-state index contributed by atoms with van der Waals surface area (Å²) in [5.41, 5.74) is 1.44. The van der Waals surface area contributed by atoms with E-state index in [4.69, 9.17) is 0 Å². The van der Waals surface area contributed by atoms with Crippen LogP contribution >= 0.6 is 15.9 Å². The van der Waals surface area contributed by atoms with Crippen molar-refractivity contribution in [1.82, 2.24) is 4.90 Å². The molecule has 0 spiro atoms. The normalized spacial score (nSPS) is 26.9. The Kier molecular flexibility index (Phi) is 5.65. The number of halogens is 1. The van der Waals surface area contributed by atoms with Gasteiger partial charge in [0, 0.05) is 29.6 Å². The van der Waals surface area contributed by atoms with E-state index in [-0.39, 0.29) is 5.41 Å². The zero-order valence-electron chi connectivity index (χ0n) is 12.6. The summed E-state index contributed by atoms with van der Waals surface area (Å²) in [6.45, 7) is 4.58. The van der Waals surface area contributed by atoms with E-state index in [9.17, 15) is 5.11 Å². The smallest absolute Gasteiger partial charge is 0.0499 e. The maximum Gasteiger partial charge on any atom is 0.0499 e. The van der Waals surface area contributed by atoms with Gasteiger partial charge in [0.05, 0.1) is 0 Å². The van der Waals surface area contributed by atoms with Crippen LogP contribution in [0, 0.1) is 11.3 Å². The lowest BCUT2D eigenvalue weighted by Gasteiger charge is -2.40. The van der Waals surface area contributed by atoms with Gasteiger partial charge in [0.2, 0.25) is 0 Å². The second-order valence-electron chi connectivity index (χ2n) is 6.64. The number of nitrogens with zero attached hydrogens (tertiary/aromatic N) is 1. The van der Waals surface area contributed by atoms with E-state index in [1.54, 1.807) is 0 Å². The Hall–Kier alpha value is -0.380. The van der Waals surface area contributed by atoms with Gasteiger partial charge in [0.1, 0.15) is 0 Å². The average Bonchev–Trinajstić information content (AvgIpc) is 2.41. The second kappa shape index (κ2) is 7.06. The van der Waals surface area contributed by atoms with Crippen LogP contribution < -0.4 is 0 Å². The van der Waals surface area contributed by atoms with E-state index in [0.29, 0.717) is 6.61 Å². The Balaban J connectivity index is 1.94. The van der Waals surface area contributed by atoms with Crippen molar-refractivity contribution in [1.29, 1.82) is 0 Å². The van der Waals surface area contributed by atoms with Crippen LogP contribution in [0.4, 0.5) is 0 Å². The van der Waals surface area contributed by atoms with Gasteiger partial charge in [-0.15, -0.1) is 0 Å². The Labute approximate surface area is 131 Å². The fraction of sp³-hybridized carbons (Fsp3) is 0.647. The van der Waals surface area contributed by atoms with Crippen LogP contribution in [0.1, 0.15) is 38.2 Å². The third-order valence-electron chi connectivity index (χ3n) is 4.62. The first-order valence-corrected chi connectivity index (χ1v) is 8.36. The van der Waals surface area contributed by atoms with E-state index >= 15 is 0 Å². The number of rotatable bonds is 5. The van der Waals surface area contributed by atoms with E-state index in [1.807, 2.05) is 0 Å². The monoisotopic (exact) mass is 339 g/mol. The summed E-state index contributed by atoms with van der Waals surface area (Å²) >= 11 is 3.52. The van der Waals surface area contributed by atoms with Gasteiger partial charge in [-0.25, -0.2) is 0 Å². The fourth-order valence-corrected chi connectivity index (χ4v) is 3.76. The molecule has 2 nitrogen and oxygen atoms in total. The third-order valence-corrected chi connectivity index (χ3v) is 5.11. The molecule has 0 radical (unpaired) electrons. The molecule has 3 heteroatoms. The Morgan fingerprint density at radius 3 is 2.65 bits per heavy atom. The van der Waals surface area contributed by atoms with E-state index < -0.39 is 0 Å². The number of aliphatic hydroxyl groups excluding tert-OH is 1. The van der Waals surface area contributed by atoms with Crippen molar-refractivity contribution in [3.8, 4) is 0 Å². The molecule has 1 saturated carbocycles. The van der Waals surface area contributed by atoms with Crippen LogP contribution in [0.3, 0.4) is 0 Å². The molecule has 1 aromatic carbocycles. The summed E-state index contributed by atoms with van der Waals surface area (Å²) in [4.78, 5) is 2.36. The minimum Gasteiger partial charge on any atom is -0.396 e. The van der Waals surface area contributed by atoms with Crippen molar-refractivity contribution >= 4 is 15.9 Å². The number of hydrogen-bond donors (Lipinski definition) is 1. The number of hydrogen-bond acceptors (Lipinski definition) is 2.